The number of benzene rings is 3. The van der Waals surface area contributed by atoms with Crippen molar-refractivity contribution in [1.82, 2.24) is 10.7 Å². The highest BCUT2D eigenvalue weighted by Crippen LogP contribution is 2.37. The molecule has 0 bridgehead atoms. The summed E-state index contributed by atoms with van der Waals surface area (Å²) in [6.07, 6.45) is 1.44. The van der Waals surface area contributed by atoms with Gasteiger partial charge in [-0.2, -0.15) is 10.4 Å². The number of methoxy groups -OCH3 is 1. The van der Waals surface area contributed by atoms with Gasteiger partial charge < -0.3 is 24.3 Å². The first-order chi connectivity index (χ1) is 18.0. The Kier molecular flexibility index (Phi) is 8.22. The molecule has 1 aliphatic rings. The summed E-state index contributed by atoms with van der Waals surface area (Å²) in [6, 6.07) is 17.4. The molecule has 2 N–H and O–H groups in total. The van der Waals surface area contributed by atoms with Crippen LogP contribution in [0.15, 0.2) is 64.2 Å². The molecule has 0 aromatic heterocycles. The molecule has 0 saturated heterocycles. The molecule has 0 atom stereocenters. The van der Waals surface area contributed by atoms with Crippen LogP contribution in [0, 0.1) is 11.3 Å². The molecule has 0 spiro atoms. The quantitative estimate of drug-likeness (QED) is 0.300. The van der Waals surface area contributed by atoms with Crippen LogP contribution in [0.5, 0.6) is 23.0 Å². The van der Waals surface area contributed by atoms with Gasteiger partial charge in [-0.05, 0) is 69.5 Å². The summed E-state index contributed by atoms with van der Waals surface area (Å²) >= 11 is 3.48. The highest BCUT2D eigenvalue weighted by atomic mass is 79.9. The van der Waals surface area contributed by atoms with Crippen molar-refractivity contribution in [3.8, 4) is 29.1 Å². The average Bonchev–Trinajstić information content (AvgIpc) is 3.39. The molecule has 0 saturated carbocycles. The minimum Gasteiger partial charge on any atom is -0.493 e. The van der Waals surface area contributed by atoms with Gasteiger partial charge in [0.2, 0.25) is 6.79 Å². The maximum Gasteiger partial charge on any atom is 0.259 e. The lowest BCUT2D eigenvalue weighted by molar-refractivity contribution is -0.120. The second kappa shape index (κ2) is 11.9. The van der Waals surface area contributed by atoms with E-state index in [9.17, 15) is 9.59 Å². The zero-order chi connectivity index (χ0) is 26.2. The molecule has 3 aromatic rings. The molecular formula is C26H21BrN4O6. The van der Waals surface area contributed by atoms with Gasteiger partial charge in [-0.15, -0.1) is 0 Å². The first kappa shape index (κ1) is 25.5. The smallest absolute Gasteiger partial charge is 0.259 e. The number of nitrogens with one attached hydrogen (secondary N) is 2. The monoisotopic (exact) mass is 564 g/mol. The lowest BCUT2D eigenvalue weighted by Gasteiger charge is -2.13. The van der Waals surface area contributed by atoms with Gasteiger partial charge in [0.05, 0.1) is 36.0 Å². The van der Waals surface area contributed by atoms with E-state index in [1.807, 2.05) is 12.1 Å². The Bertz CT molecular complexity index is 1390. The molecule has 11 heteroatoms. The number of hydrazone groups is 1. The summed E-state index contributed by atoms with van der Waals surface area (Å²) in [7, 11) is 1.52. The molecule has 2 amide bonds. The summed E-state index contributed by atoms with van der Waals surface area (Å²) < 4.78 is 22.4. The second-order valence-electron chi connectivity index (χ2n) is 7.68. The van der Waals surface area contributed by atoms with Gasteiger partial charge in [0.1, 0.15) is 6.61 Å². The van der Waals surface area contributed by atoms with Crippen molar-refractivity contribution in [1.29, 1.82) is 5.26 Å². The van der Waals surface area contributed by atoms with E-state index in [0.717, 1.165) is 5.56 Å². The number of carbonyl (C=O) groups is 2. The van der Waals surface area contributed by atoms with Gasteiger partial charge in [0.15, 0.2) is 23.0 Å². The van der Waals surface area contributed by atoms with E-state index in [2.05, 4.69) is 37.8 Å². The number of halogens is 1. The predicted octanol–water partition coefficient (Wildman–Crippen LogP) is 3.52. The Morgan fingerprint density at radius 2 is 1.92 bits per heavy atom. The molecule has 37 heavy (non-hydrogen) atoms. The third kappa shape index (κ3) is 6.56. The number of nitriles is 1. The molecule has 3 aromatic carbocycles. The Morgan fingerprint density at radius 1 is 1.14 bits per heavy atom. The fraction of sp³-hybridized carbons (Fsp3) is 0.154. The molecule has 10 nitrogen and oxygen atoms in total. The van der Waals surface area contributed by atoms with Crippen LogP contribution in [0.4, 0.5) is 0 Å². The minimum atomic E-state index is -0.501. The maximum atomic E-state index is 12.3. The zero-order valence-electron chi connectivity index (χ0n) is 19.6. The Balaban J connectivity index is 1.30. The fourth-order valence-electron chi connectivity index (χ4n) is 3.30. The minimum absolute atomic E-state index is 0.109. The highest BCUT2D eigenvalue weighted by molar-refractivity contribution is 9.10. The van der Waals surface area contributed by atoms with Crippen LogP contribution < -0.4 is 29.7 Å². The number of amides is 2. The number of hydrogen-bond acceptors (Lipinski definition) is 8. The van der Waals surface area contributed by atoms with E-state index in [1.54, 1.807) is 42.5 Å². The maximum absolute atomic E-state index is 12.3. The summed E-state index contributed by atoms with van der Waals surface area (Å²) in [4.78, 5) is 24.4. The normalized spacial score (nSPS) is 11.6. The number of nitrogens with zero attached hydrogens (tertiary/aromatic N) is 2. The van der Waals surface area contributed by atoms with E-state index in [1.165, 1.54) is 13.3 Å². The molecule has 0 fully saturated rings. The third-order valence-electron chi connectivity index (χ3n) is 5.17. The van der Waals surface area contributed by atoms with Crippen molar-refractivity contribution in [3.63, 3.8) is 0 Å². The summed E-state index contributed by atoms with van der Waals surface area (Å²) in [5, 5.41) is 15.4. The van der Waals surface area contributed by atoms with Crippen molar-refractivity contribution in [2.45, 2.75) is 6.61 Å². The van der Waals surface area contributed by atoms with Crippen molar-refractivity contribution in [3.05, 3.63) is 81.3 Å². The Morgan fingerprint density at radius 3 is 2.68 bits per heavy atom. The largest absolute Gasteiger partial charge is 0.493 e. The highest BCUT2D eigenvalue weighted by Gasteiger charge is 2.16. The van der Waals surface area contributed by atoms with Gasteiger partial charge in [-0.1, -0.05) is 12.1 Å². The number of ether oxygens (including phenoxy) is 4. The lowest BCUT2D eigenvalue weighted by Crippen LogP contribution is -2.34. The van der Waals surface area contributed by atoms with Crippen molar-refractivity contribution < 1.29 is 28.5 Å². The van der Waals surface area contributed by atoms with Crippen LogP contribution in [-0.4, -0.2) is 38.5 Å². The molecule has 1 heterocycles. The fourth-order valence-corrected chi connectivity index (χ4v) is 3.88. The van der Waals surface area contributed by atoms with Crippen molar-refractivity contribution in [2.75, 3.05) is 20.4 Å². The topological polar surface area (TPSA) is 131 Å². The summed E-state index contributed by atoms with van der Waals surface area (Å²) in [5.41, 5.74) is 4.82. The van der Waals surface area contributed by atoms with Crippen LogP contribution in [0.25, 0.3) is 0 Å². The second-order valence-corrected chi connectivity index (χ2v) is 8.53. The van der Waals surface area contributed by atoms with Crippen LogP contribution in [0.2, 0.25) is 0 Å². The van der Waals surface area contributed by atoms with Gasteiger partial charge in [0, 0.05) is 5.56 Å². The zero-order valence-corrected chi connectivity index (χ0v) is 21.2. The number of hydrogen-bond donors (Lipinski definition) is 2. The predicted molar refractivity (Wildman–Crippen MR) is 137 cm³/mol. The SMILES string of the molecule is COc1cc(/C=N/NC(=O)CNC(=O)c2ccc3c(c2)OCO3)cc(Br)c1OCc1ccc(C#N)cc1. The first-order valence-electron chi connectivity index (χ1n) is 11.0. The average molecular weight is 565 g/mol. The number of carbonyl (C=O) groups excluding carboxylic acids is 2. The lowest BCUT2D eigenvalue weighted by atomic mass is 10.1. The van der Waals surface area contributed by atoms with Crippen LogP contribution >= 0.6 is 15.9 Å². The first-order valence-corrected chi connectivity index (χ1v) is 11.7. The van der Waals surface area contributed by atoms with Crippen LogP contribution in [-0.2, 0) is 11.4 Å². The molecule has 188 valence electrons. The van der Waals surface area contributed by atoms with Crippen molar-refractivity contribution >= 4 is 34.0 Å². The molecule has 0 aliphatic carbocycles. The van der Waals surface area contributed by atoms with Crippen molar-refractivity contribution in [2.24, 2.45) is 5.10 Å². The molecule has 4 rings (SSSR count). The number of rotatable bonds is 9. The van der Waals surface area contributed by atoms with Gasteiger partial charge in [-0.3, -0.25) is 9.59 Å². The summed E-state index contributed by atoms with van der Waals surface area (Å²) in [6.45, 7) is 0.125. The molecule has 1 aliphatic heterocycles. The van der Waals surface area contributed by atoms with Gasteiger partial charge >= 0.3 is 0 Å². The van der Waals surface area contributed by atoms with Crippen LogP contribution in [0.1, 0.15) is 27.0 Å². The standard InChI is InChI=1S/C26H21BrN4O6/c1-34-23-9-18(8-20(27)25(23)35-14-17-4-2-16(11-28)3-5-17)12-30-31-24(32)13-29-26(33)19-6-7-21-22(10-19)37-15-36-21/h2-10,12H,13-15H2,1H3,(H,29,33)(H,31,32)/b30-12+. The van der Waals surface area contributed by atoms with E-state index >= 15 is 0 Å². The molecule has 0 unspecified atom stereocenters. The van der Waals surface area contributed by atoms with E-state index < -0.39 is 11.8 Å². The Labute approximate surface area is 220 Å². The van der Waals surface area contributed by atoms with E-state index in [-0.39, 0.29) is 19.9 Å². The van der Waals surface area contributed by atoms with Crippen LogP contribution in [0.3, 0.4) is 0 Å². The molecular weight excluding hydrogens is 544 g/mol. The van der Waals surface area contributed by atoms with E-state index in [0.29, 0.717) is 44.2 Å². The molecule has 0 radical (unpaired) electrons. The third-order valence-corrected chi connectivity index (χ3v) is 5.75. The number of fused-ring (bicyclic) bond motifs is 1. The van der Waals surface area contributed by atoms with Gasteiger partial charge in [0.25, 0.3) is 11.8 Å². The Hall–Kier alpha value is -4.56. The summed E-state index contributed by atoms with van der Waals surface area (Å²) in [5.74, 6) is 1.08. The van der Waals surface area contributed by atoms with E-state index in [4.69, 9.17) is 24.2 Å². The van der Waals surface area contributed by atoms with Gasteiger partial charge in [-0.25, -0.2) is 5.43 Å².